The molecule has 2 N–H and O–H groups in total. The van der Waals surface area contributed by atoms with E-state index < -0.39 is 0 Å². The highest BCUT2D eigenvalue weighted by Gasteiger charge is 2.19. The van der Waals surface area contributed by atoms with Crippen LogP contribution in [0.15, 0.2) is 61.1 Å². The van der Waals surface area contributed by atoms with Crippen molar-refractivity contribution in [3.63, 3.8) is 0 Å². The van der Waals surface area contributed by atoms with Crippen LogP contribution in [0.2, 0.25) is 0 Å². The van der Waals surface area contributed by atoms with E-state index in [0.29, 0.717) is 12.5 Å². The summed E-state index contributed by atoms with van der Waals surface area (Å²) >= 11 is 0. The van der Waals surface area contributed by atoms with Gasteiger partial charge in [0.25, 0.3) is 0 Å². The van der Waals surface area contributed by atoms with Crippen molar-refractivity contribution in [1.29, 1.82) is 0 Å². The Bertz CT molecular complexity index is 963. The number of benzene rings is 1. The third-order valence-corrected chi connectivity index (χ3v) is 5.66. The predicted octanol–water partition coefficient (Wildman–Crippen LogP) is 4.00. The number of hydrogen-bond donors (Lipinski definition) is 2. The van der Waals surface area contributed by atoms with E-state index in [2.05, 4.69) is 37.7 Å². The van der Waals surface area contributed by atoms with Crippen LogP contribution in [0.1, 0.15) is 25.0 Å². The molecule has 0 radical (unpaired) electrons. The largest absolute Gasteiger partial charge is 0.371 e. The van der Waals surface area contributed by atoms with Crippen molar-refractivity contribution in [1.82, 2.24) is 20.1 Å². The van der Waals surface area contributed by atoms with E-state index in [0.717, 1.165) is 49.4 Å². The first-order valence-electron chi connectivity index (χ1n) is 10.5. The van der Waals surface area contributed by atoms with Crippen molar-refractivity contribution in [3.05, 3.63) is 66.7 Å². The van der Waals surface area contributed by atoms with Gasteiger partial charge in [-0.15, -0.1) is 0 Å². The van der Waals surface area contributed by atoms with Crippen molar-refractivity contribution in [2.24, 2.45) is 5.92 Å². The number of aryl methyl sites for hydroxylation is 1. The number of nitrogens with one attached hydrogen (secondary N) is 2. The zero-order valence-corrected chi connectivity index (χ0v) is 17.3. The Balaban J connectivity index is 1.20. The fourth-order valence-electron chi connectivity index (χ4n) is 3.96. The Morgan fingerprint density at radius 3 is 2.60 bits per heavy atom. The molecule has 3 heterocycles. The summed E-state index contributed by atoms with van der Waals surface area (Å²) in [6.07, 6.45) is 8.76. The topological polar surface area (TPSA) is 75.1 Å². The van der Waals surface area contributed by atoms with Gasteiger partial charge in [-0.1, -0.05) is 6.07 Å². The molecule has 0 spiro atoms. The molecule has 0 atom stereocenters. The zero-order chi connectivity index (χ0) is 20.8. The van der Waals surface area contributed by atoms with E-state index in [1.54, 1.807) is 6.20 Å². The number of pyridine rings is 1. The van der Waals surface area contributed by atoms with E-state index >= 15 is 0 Å². The number of rotatable bonds is 6. The maximum absolute atomic E-state index is 12.3. The molecule has 7 nitrogen and oxygen atoms in total. The first-order valence-corrected chi connectivity index (χ1v) is 10.5. The summed E-state index contributed by atoms with van der Waals surface area (Å²) in [5.41, 5.74) is 3.97. The quantitative estimate of drug-likeness (QED) is 0.651. The fraction of sp³-hybridized carbons (Fsp3) is 0.348. The third kappa shape index (κ3) is 4.97. The van der Waals surface area contributed by atoms with Gasteiger partial charge in [-0.25, -0.2) is 9.48 Å². The lowest BCUT2D eigenvalue weighted by atomic mass is 9.93. The van der Waals surface area contributed by atoms with Gasteiger partial charge >= 0.3 is 6.03 Å². The number of nitrogens with zero attached hydrogens (tertiary/aromatic N) is 4. The van der Waals surface area contributed by atoms with E-state index in [9.17, 15) is 4.79 Å². The van der Waals surface area contributed by atoms with E-state index in [1.807, 2.05) is 54.3 Å². The Morgan fingerprint density at radius 1 is 1.07 bits per heavy atom. The van der Waals surface area contributed by atoms with Gasteiger partial charge in [0.2, 0.25) is 0 Å². The van der Waals surface area contributed by atoms with Gasteiger partial charge in [0, 0.05) is 55.3 Å². The van der Waals surface area contributed by atoms with Crippen LogP contribution in [0.5, 0.6) is 0 Å². The summed E-state index contributed by atoms with van der Waals surface area (Å²) in [5.74, 6) is 0.648. The average molecular weight is 405 g/mol. The van der Waals surface area contributed by atoms with Crippen LogP contribution in [0, 0.1) is 12.8 Å². The minimum atomic E-state index is -0.168. The number of anilines is 2. The minimum Gasteiger partial charge on any atom is -0.371 e. The van der Waals surface area contributed by atoms with Gasteiger partial charge in [-0.3, -0.25) is 4.98 Å². The van der Waals surface area contributed by atoms with Crippen LogP contribution in [-0.4, -0.2) is 40.4 Å². The molecule has 0 saturated carbocycles. The van der Waals surface area contributed by atoms with Gasteiger partial charge in [-0.2, -0.15) is 5.10 Å². The number of carbonyl (C=O) groups excluding carboxylic acids is 1. The Morgan fingerprint density at radius 2 is 1.87 bits per heavy atom. The van der Waals surface area contributed by atoms with Crippen LogP contribution in [0.4, 0.5) is 16.2 Å². The number of urea groups is 1. The van der Waals surface area contributed by atoms with Crippen LogP contribution >= 0.6 is 0 Å². The van der Waals surface area contributed by atoms with E-state index in [4.69, 9.17) is 0 Å². The maximum atomic E-state index is 12.3. The molecule has 1 fully saturated rings. The molecule has 3 aromatic rings. The minimum absolute atomic E-state index is 0.168. The number of carbonyl (C=O) groups is 1. The molecule has 1 aromatic carbocycles. The fourth-order valence-corrected chi connectivity index (χ4v) is 3.96. The van der Waals surface area contributed by atoms with Crippen molar-refractivity contribution in [2.45, 2.75) is 26.2 Å². The SMILES string of the molecule is Cc1ccnn1-c1cccc(NC(=O)NCCC2CCN(c3ccncc3)CC2)c1. The third-order valence-electron chi connectivity index (χ3n) is 5.66. The first-order chi connectivity index (χ1) is 14.7. The lowest BCUT2D eigenvalue weighted by Gasteiger charge is -2.33. The number of hydrogen-bond acceptors (Lipinski definition) is 4. The smallest absolute Gasteiger partial charge is 0.319 e. The molecule has 1 aliphatic rings. The Kier molecular flexibility index (Phi) is 6.27. The molecule has 0 bridgehead atoms. The summed E-state index contributed by atoms with van der Waals surface area (Å²) < 4.78 is 1.85. The molecule has 1 saturated heterocycles. The van der Waals surface area contributed by atoms with Crippen LogP contribution in [-0.2, 0) is 0 Å². The molecule has 30 heavy (non-hydrogen) atoms. The number of amides is 2. The zero-order valence-electron chi connectivity index (χ0n) is 17.3. The monoisotopic (exact) mass is 404 g/mol. The van der Waals surface area contributed by atoms with Crippen molar-refractivity contribution in [2.75, 3.05) is 29.9 Å². The molecule has 156 valence electrons. The molecule has 7 heteroatoms. The van der Waals surface area contributed by atoms with Crippen LogP contribution in [0.3, 0.4) is 0 Å². The molecule has 4 rings (SSSR count). The van der Waals surface area contributed by atoms with Gasteiger partial charge in [0.15, 0.2) is 0 Å². The second kappa shape index (κ2) is 9.43. The highest BCUT2D eigenvalue weighted by Crippen LogP contribution is 2.24. The Hall–Kier alpha value is -3.35. The van der Waals surface area contributed by atoms with Crippen molar-refractivity contribution < 1.29 is 4.79 Å². The summed E-state index contributed by atoms with van der Waals surface area (Å²) in [6.45, 7) is 4.80. The molecule has 2 amide bonds. The van der Waals surface area contributed by atoms with Crippen LogP contribution < -0.4 is 15.5 Å². The average Bonchev–Trinajstić information content (AvgIpc) is 3.21. The number of piperidine rings is 1. The van der Waals surface area contributed by atoms with Gasteiger partial charge < -0.3 is 15.5 Å². The number of aromatic nitrogens is 3. The lowest BCUT2D eigenvalue weighted by molar-refractivity contribution is 0.250. The predicted molar refractivity (Wildman–Crippen MR) is 119 cm³/mol. The molecule has 0 aliphatic carbocycles. The summed E-state index contributed by atoms with van der Waals surface area (Å²) in [6, 6.07) is 13.6. The normalized spacial score (nSPS) is 14.5. The molecule has 0 unspecified atom stereocenters. The highest BCUT2D eigenvalue weighted by atomic mass is 16.2. The van der Waals surface area contributed by atoms with Crippen molar-refractivity contribution in [3.8, 4) is 5.69 Å². The van der Waals surface area contributed by atoms with Crippen LogP contribution in [0.25, 0.3) is 5.69 Å². The molecule has 2 aromatic heterocycles. The standard InChI is InChI=1S/C23H28N6O/c1-18-5-14-26-29(18)22-4-2-3-20(17-22)27-23(30)25-13-6-19-9-15-28(16-10-19)21-7-11-24-12-8-21/h2-5,7-8,11-12,14,17,19H,6,9-10,13,15-16H2,1H3,(H2,25,27,30). The van der Waals surface area contributed by atoms with Crippen molar-refractivity contribution >= 4 is 17.4 Å². The maximum Gasteiger partial charge on any atom is 0.319 e. The lowest BCUT2D eigenvalue weighted by Crippen LogP contribution is -2.36. The van der Waals surface area contributed by atoms with Gasteiger partial charge in [0.05, 0.1) is 5.69 Å². The highest BCUT2D eigenvalue weighted by molar-refractivity contribution is 5.89. The van der Waals surface area contributed by atoms with E-state index in [1.165, 1.54) is 5.69 Å². The second-order valence-electron chi connectivity index (χ2n) is 7.74. The summed E-state index contributed by atoms with van der Waals surface area (Å²) in [7, 11) is 0. The van der Waals surface area contributed by atoms with E-state index in [-0.39, 0.29) is 6.03 Å². The first kappa shape index (κ1) is 19.9. The second-order valence-corrected chi connectivity index (χ2v) is 7.74. The van der Waals surface area contributed by atoms with Gasteiger partial charge in [-0.05, 0) is 68.5 Å². The summed E-state index contributed by atoms with van der Waals surface area (Å²) in [4.78, 5) is 18.8. The van der Waals surface area contributed by atoms with Gasteiger partial charge in [0.1, 0.15) is 0 Å². The molecular formula is C23H28N6O. The molecule has 1 aliphatic heterocycles. The Labute approximate surface area is 177 Å². The molecular weight excluding hydrogens is 376 g/mol. The summed E-state index contributed by atoms with van der Waals surface area (Å²) in [5, 5.41) is 10.2.